The SMILES string of the molecule is CSCCC(N)C(=O)NC(Cc1ccc(O)cc1)C(=O)NC(CCSC)C(=O)NC(Cc1ccc(O)cc1)C(=O)O. The van der Waals surface area contributed by atoms with Crippen molar-refractivity contribution >= 4 is 47.2 Å². The molecule has 8 N–H and O–H groups in total. The van der Waals surface area contributed by atoms with Crippen LogP contribution in [0.4, 0.5) is 0 Å². The number of phenols is 2. The van der Waals surface area contributed by atoms with Crippen molar-refractivity contribution in [2.75, 3.05) is 24.0 Å². The lowest BCUT2D eigenvalue weighted by atomic mass is 10.0. The first-order valence-electron chi connectivity index (χ1n) is 13.0. The average Bonchev–Trinajstić information content (AvgIpc) is 2.95. The maximum atomic E-state index is 13.5. The van der Waals surface area contributed by atoms with E-state index in [2.05, 4.69) is 16.0 Å². The number of benzene rings is 2. The Labute approximate surface area is 248 Å². The van der Waals surface area contributed by atoms with Gasteiger partial charge in [0.05, 0.1) is 6.04 Å². The van der Waals surface area contributed by atoms with Crippen LogP contribution in [0.3, 0.4) is 0 Å². The molecule has 0 spiro atoms. The first-order valence-corrected chi connectivity index (χ1v) is 15.8. The predicted molar refractivity (Wildman–Crippen MR) is 161 cm³/mol. The van der Waals surface area contributed by atoms with Gasteiger partial charge in [0.1, 0.15) is 29.6 Å². The molecule has 224 valence electrons. The molecule has 3 amide bonds. The van der Waals surface area contributed by atoms with Crippen molar-refractivity contribution in [2.45, 2.75) is 49.9 Å². The van der Waals surface area contributed by atoms with E-state index in [1.54, 1.807) is 36.0 Å². The topological polar surface area (TPSA) is 191 Å². The number of rotatable bonds is 17. The minimum atomic E-state index is -1.28. The van der Waals surface area contributed by atoms with E-state index < -0.39 is 47.9 Å². The molecule has 0 fully saturated rings. The molecule has 0 aromatic heterocycles. The second-order valence-corrected chi connectivity index (χ2v) is 11.4. The molecule has 2 rings (SSSR count). The normalized spacial score (nSPS) is 13.8. The summed E-state index contributed by atoms with van der Waals surface area (Å²) in [5.74, 6) is -1.82. The van der Waals surface area contributed by atoms with Crippen LogP contribution < -0.4 is 21.7 Å². The highest BCUT2D eigenvalue weighted by Gasteiger charge is 2.30. The van der Waals surface area contributed by atoms with Gasteiger partial charge in [0.15, 0.2) is 0 Å². The number of carbonyl (C=O) groups excluding carboxylic acids is 3. The highest BCUT2D eigenvalue weighted by atomic mass is 32.2. The summed E-state index contributed by atoms with van der Waals surface area (Å²) < 4.78 is 0. The van der Waals surface area contributed by atoms with Crippen LogP contribution in [0.5, 0.6) is 11.5 Å². The van der Waals surface area contributed by atoms with Crippen molar-refractivity contribution in [1.29, 1.82) is 0 Å². The zero-order chi connectivity index (χ0) is 30.4. The van der Waals surface area contributed by atoms with Gasteiger partial charge in [-0.3, -0.25) is 14.4 Å². The quantitative estimate of drug-likeness (QED) is 0.138. The summed E-state index contributed by atoms with van der Waals surface area (Å²) in [6.45, 7) is 0. The van der Waals surface area contributed by atoms with Gasteiger partial charge < -0.3 is 37.0 Å². The van der Waals surface area contributed by atoms with Crippen LogP contribution in [0.1, 0.15) is 24.0 Å². The maximum Gasteiger partial charge on any atom is 0.326 e. The molecule has 0 saturated heterocycles. The molecule has 0 heterocycles. The van der Waals surface area contributed by atoms with Gasteiger partial charge in [0, 0.05) is 12.8 Å². The van der Waals surface area contributed by atoms with Gasteiger partial charge in [-0.25, -0.2) is 4.79 Å². The van der Waals surface area contributed by atoms with Gasteiger partial charge in [0.25, 0.3) is 0 Å². The number of hydrogen-bond acceptors (Lipinski definition) is 9. The molecule has 41 heavy (non-hydrogen) atoms. The fourth-order valence-corrected chi connectivity index (χ4v) is 4.81. The van der Waals surface area contributed by atoms with E-state index in [-0.39, 0.29) is 30.8 Å². The predicted octanol–water partition coefficient (Wildman–Crippen LogP) is 1.26. The number of carbonyl (C=O) groups is 4. The molecule has 0 aliphatic carbocycles. The third-order valence-electron chi connectivity index (χ3n) is 6.21. The number of thioether (sulfide) groups is 2. The van der Waals surface area contributed by atoms with Gasteiger partial charge >= 0.3 is 5.97 Å². The van der Waals surface area contributed by atoms with Crippen LogP contribution in [0.2, 0.25) is 0 Å². The van der Waals surface area contributed by atoms with E-state index >= 15 is 0 Å². The van der Waals surface area contributed by atoms with Crippen molar-refractivity contribution < 1.29 is 34.5 Å². The standard InChI is InChI=1S/C28H38N4O7S2/c1-40-13-11-21(29)25(35)31-23(15-17-3-7-19(33)8-4-17)27(37)30-22(12-14-41-2)26(36)32-24(28(38)39)16-18-5-9-20(34)10-6-18/h3-10,21-24,33-34H,11-16,29H2,1-2H3,(H,30,37)(H,31,35)(H,32,36)(H,38,39). The Morgan fingerprint density at radius 2 is 1.10 bits per heavy atom. The number of aliphatic carboxylic acids is 1. The fourth-order valence-electron chi connectivity index (χ4n) is 3.85. The Balaban J connectivity index is 2.21. The van der Waals surface area contributed by atoms with Crippen LogP contribution in [-0.2, 0) is 32.0 Å². The molecule has 11 nitrogen and oxygen atoms in total. The summed E-state index contributed by atoms with van der Waals surface area (Å²) in [6, 6.07) is 7.88. The van der Waals surface area contributed by atoms with Crippen LogP contribution in [0.25, 0.3) is 0 Å². The number of nitrogens with two attached hydrogens (primary N) is 1. The van der Waals surface area contributed by atoms with Crippen molar-refractivity contribution in [2.24, 2.45) is 5.73 Å². The average molecular weight is 607 g/mol. The number of carboxylic acids is 1. The van der Waals surface area contributed by atoms with E-state index in [1.165, 1.54) is 36.0 Å². The lowest BCUT2D eigenvalue weighted by Gasteiger charge is -2.25. The molecule has 0 aliphatic rings. The van der Waals surface area contributed by atoms with E-state index in [0.717, 1.165) is 0 Å². The molecule has 13 heteroatoms. The lowest BCUT2D eigenvalue weighted by Crippen LogP contribution is -2.58. The summed E-state index contributed by atoms with van der Waals surface area (Å²) in [4.78, 5) is 51.4. The maximum absolute atomic E-state index is 13.5. The smallest absolute Gasteiger partial charge is 0.326 e. The third-order valence-corrected chi connectivity index (χ3v) is 7.50. The number of aromatic hydroxyl groups is 2. The number of amides is 3. The van der Waals surface area contributed by atoms with Gasteiger partial charge in [-0.05, 0) is 72.3 Å². The van der Waals surface area contributed by atoms with E-state index in [9.17, 15) is 34.5 Å². The van der Waals surface area contributed by atoms with E-state index in [4.69, 9.17) is 5.73 Å². The second-order valence-electron chi connectivity index (χ2n) is 9.43. The molecular formula is C28H38N4O7S2. The lowest BCUT2D eigenvalue weighted by molar-refractivity contribution is -0.142. The van der Waals surface area contributed by atoms with Gasteiger partial charge in [-0.15, -0.1) is 0 Å². The Morgan fingerprint density at radius 1 is 0.683 bits per heavy atom. The Kier molecular flexibility index (Phi) is 14.3. The summed E-state index contributed by atoms with van der Waals surface area (Å²) in [6.07, 6.45) is 4.41. The van der Waals surface area contributed by atoms with Crippen LogP contribution >= 0.6 is 23.5 Å². The molecule has 2 aromatic rings. The first kappa shape index (κ1) is 33.8. The van der Waals surface area contributed by atoms with E-state index in [1.807, 2.05) is 12.5 Å². The fraction of sp³-hybridized carbons (Fsp3) is 0.429. The van der Waals surface area contributed by atoms with E-state index in [0.29, 0.717) is 29.1 Å². The Morgan fingerprint density at radius 3 is 1.59 bits per heavy atom. The number of carboxylic acid groups (broad SMARTS) is 1. The molecule has 2 aromatic carbocycles. The molecule has 0 radical (unpaired) electrons. The number of nitrogens with one attached hydrogen (secondary N) is 3. The minimum absolute atomic E-state index is 0.0297. The summed E-state index contributed by atoms with van der Waals surface area (Å²) >= 11 is 3.00. The molecular weight excluding hydrogens is 568 g/mol. The zero-order valence-corrected chi connectivity index (χ0v) is 24.7. The third kappa shape index (κ3) is 11.9. The summed E-state index contributed by atoms with van der Waals surface area (Å²) in [5.41, 5.74) is 7.26. The van der Waals surface area contributed by atoms with Crippen LogP contribution in [0, 0.1) is 0 Å². The molecule has 4 unspecified atom stereocenters. The number of hydrogen-bond donors (Lipinski definition) is 7. The van der Waals surface area contributed by atoms with Crippen LogP contribution in [-0.4, -0.2) is 87.2 Å². The molecule has 0 saturated carbocycles. The molecule has 4 atom stereocenters. The van der Waals surface area contributed by atoms with Gasteiger partial charge in [0.2, 0.25) is 17.7 Å². The highest BCUT2D eigenvalue weighted by Crippen LogP contribution is 2.14. The summed E-state index contributed by atoms with van der Waals surface area (Å²) in [7, 11) is 0. The Bertz CT molecular complexity index is 1150. The monoisotopic (exact) mass is 606 g/mol. The zero-order valence-electron chi connectivity index (χ0n) is 23.0. The molecule has 0 aliphatic heterocycles. The summed E-state index contributed by atoms with van der Waals surface area (Å²) in [5, 5.41) is 36.7. The first-order chi connectivity index (χ1) is 19.5. The van der Waals surface area contributed by atoms with Crippen LogP contribution in [0.15, 0.2) is 48.5 Å². The van der Waals surface area contributed by atoms with Crippen molar-refractivity contribution in [1.82, 2.24) is 16.0 Å². The highest BCUT2D eigenvalue weighted by molar-refractivity contribution is 7.98. The van der Waals surface area contributed by atoms with Gasteiger partial charge in [-0.1, -0.05) is 24.3 Å². The van der Waals surface area contributed by atoms with Crippen molar-refractivity contribution in [3.05, 3.63) is 59.7 Å². The second kappa shape index (κ2) is 17.4. The largest absolute Gasteiger partial charge is 0.508 e. The minimum Gasteiger partial charge on any atom is -0.508 e. The van der Waals surface area contributed by atoms with Gasteiger partial charge in [-0.2, -0.15) is 23.5 Å². The van der Waals surface area contributed by atoms with Crippen molar-refractivity contribution in [3.63, 3.8) is 0 Å². The Hall–Kier alpha value is -3.42. The molecule has 0 bridgehead atoms. The van der Waals surface area contributed by atoms with Crippen molar-refractivity contribution in [3.8, 4) is 11.5 Å². The number of phenolic OH excluding ortho intramolecular Hbond substituents is 2.